The molecule has 1 aromatic carbocycles. The Labute approximate surface area is 110 Å². The topological polar surface area (TPSA) is 27.0 Å². The van der Waals surface area contributed by atoms with Crippen molar-refractivity contribution >= 4 is 21.6 Å². The van der Waals surface area contributed by atoms with Gasteiger partial charge < -0.3 is 4.90 Å². The summed E-state index contributed by atoms with van der Waals surface area (Å²) in [4.78, 5) is 2.47. The summed E-state index contributed by atoms with van der Waals surface area (Å²) in [5, 5.41) is 8.91. The Hall–Kier alpha value is -1.01. The number of hydrogen-bond donors (Lipinski definition) is 0. The van der Waals surface area contributed by atoms with Gasteiger partial charge in [-0.3, -0.25) is 0 Å². The van der Waals surface area contributed by atoms with Gasteiger partial charge in [0.25, 0.3) is 0 Å². The van der Waals surface area contributed by atoms with E-state index in [1.807, 2.05) is 6.07 Å². The molecule has 0 radical (unpaired) electrons. The van der Waals surface area contributed by atoms with Crippen molar-refractivity contribution in [3.05, 3.63) is 28.2 Å². The molecule has 2 unspecified atom stereocenters. The van der Waals surface area contributed by atoms with Crippen molar-refractivity contribution in [1.29, 1.82) is 5.26 Å². The predicted octanol–water partition coefficient (Wildman–Crippen LogP) is 3.56. The van der Waals surface area contributed by atoms with Crippen LogP contribution in [0.3, 0.4) is 0 Å². The molecular weight excluding hydrogens is 276 g/mol. The highest BCUT2D eigenvalue weighted by atomic mass is 79.9. The zero-order valence-electron chi connectivity index (χ0n) is 9.69. The summed E-state index contributed by atoms with van der Waals surface area (Å²) < 4.78 is 0.912. The highest BCUT2D eigenvalue weighted by Crippen LogP contribution is 2.40. The molecule has 1 aromatic rings. The third-order valence-corrected chi connectivity index (χ3v) is 4.82. The molecule has 3 rings (SSSR count). The summed E-state index contributed by atoms with van der Waals surface area (Å²) in [5.74, 6) is 1.81. The van der Waals surface area contributed by atoms with Crippen LogP contribution in [0, 0.1) is 23.2 Å². The fourth-order valence-electron chi connectivity index (χ4n) is 3.24. The maximum absolute atomic E-state index is 8.91. The molecule has 2 aliphatic rings. The molecular formula is C14H15BrN2. The summed E-state index contributed by atoms with van der Waals surface area (Å²) >= 11 is 3.47. The molecule has 1 saturated heterocycles. The first-order valence-electron chi connectivity index (χ1n) is 6.22. The zero-order chi connectivity index (χ0) is 11.8. The Balaban J connectivity index is 1.82. The summed E-state index contributed by atoms with van der Waals surface area (Å²) in [6.07, 6.45) is 4.22. The van der Waals surface area contributed by atoms with E-state index in [0.29, 0.717) is 5.56 Å². The normalized spacial score (nSPS) is 26.9. The van der Waals surface area contributed by atoms with Gasteiger partial charge in [-0.05, 0) is 58.8 Å². The Kier molecular flexibility index (Phi) is 2.84. The molecule has 1 aliphatic carbocycles. The Morgan fingerprint density at radius 3 is 2.53 bits per heavy atom. The van der Waals surface area contributed by atoms with Gasteiger partial charge in [0.05, 0.1) is 5.56 Å². The molecule has 3 heteroatoms. The predicted molar refractivity (Wildman–Crippen MR) is 71.9 cm³/mol. The van der Waals surface area contributed by atoms with Gasteiger partial charge >= 0.3 is 0 Å². The number of nitrogens with zero attached hydrogens (tertiary/aromatic N) is 2. The van der Waals surface area contributed by atoms with Crippen LogP contribution in [0.25, 0.3) is 0 Å². The van der Waals surface area contributed by atoms with Crippen molar-refractivity contribution in [1.82, 2.24) is 0 Å². The van der Waals surface area contributed by atoms with Crippen molar-refractivity contribution in [2.75, 3.05) is 18.0 Å². The summed E-state index contributed by atoms with van der Waals surface area (Å²) in [5.41, 5.74) is 1.97. The molecule has 0 amide bonds. The van der Waals surface area contributed by atoms with Gasteiger partial charge in [-0.15, -0.1) is 0 Å². The van der Waals surface area contributed by atoms with Crippen molar-refractivity contribution in [3.8, 4) is 6.07 Å². The lowest BCUT2D eigenvalue weighted by Crippen LogP contribution is -2.20. The highest BCUT2D eigenvalue weighted by molar-refractivity contribution is 9.10. The third kappa shape index (κ3) is 1.95. The minimum absolute atomic E-state index is 0.716. The Morgan fingerprint density at radius 1 is 1.24 bits per heavy atom. The van der Waals surface area contributed by atoms with E-state index in [1.165, 1.54) is 38.0 Å². The fraction of sp³-hybridized carbons (Fsp3) is 0.500. The number of halogens is 1. The summed E-state index contributed by atoms with van der Waals surface area (Å²) in [7, 11) is 0. The van der Waals surface area contributed by atoms with Crippen LogP contribution >= 0.6 is 15.9 Å². The molecule has 0 N–H and O–H groups in total. The molecule has 2 fully saturated rings. The lowest BCUT2D eigenvalue weighted by molar-refractivity contribution is 0.494. The van der Waals surface area contributed by atoms with Crippen LogP contribution in [0.15, 0.2) is 22.7 Å². The second-order valence-corrected chi connectivity index (χ2v) is 5.99. The first kappa shape index (κ1) is 11.1. The van der Waals surface area contributed by atoms with Crippen LogP contribution in [0.5, 0.6) is 0 Å². The molecule has 2 atom stereocenters. The molecule has 0 spiro atoms. The SMILES string of the molecule is N#Cc1ccc(N2CC3CCCC3C2)cc1Br. The van der Waals surface area contributed by atoms with Crippen LogP contribution in [-0.4, -0.2) is 13.1 Å². The van der Waals surface area contributed by atoms with Crippen LogP contribution in [-0.2, 0) is 0 Å². The van der Waals surface area contributed by atoms with Gasteiger partial charge in [0.1, 0.15) is 6.07 Å². The standard InChI is InChI=1S/C14H15BrN2/c15-14-6-13(5-4-10(14)7-16)17-8-11-2-1-3-12(11)9-17/h4-6,11-12H,1-3,8-9H2. The van der Waals surface area contributed by atoms with E-state index in [4.69, 9.17) is 5.26 Å². The number of anilines is 1. The second-order valence-electron chi connectivity index (χ2n) is 5.13. The lowest BCUT2D eigenvalue weighted by Gasteiger charge is -2.20. The number of fused-ring (bicyclic) bond motifs is 1. The van der Waals surface area contributed by atoms with Crippen LogP contribution in [0.2, 0.25) is 0 Å². The third-order valence-electron chi connectivity index (χ3n) is 4.16. The number of hydrogen-bond acceptors (Lipinski definition) is 2. The number of benzene rings is 1. The monoisotopic (exact) mass is 290 g/mol. The van der Waals surface area contributed by atoms with E-state index in [-0.39, 0.29) is 0 Å². The van der Waals surface area contributed by atoms with Gasteiger partial charge in [-0.2, -0.15) is 5.26 Å². The second kappa shape index (κ2) is 4.34. The summed E-state index contributed by atoms with van der Waals surface area (Å²) in [6, 6.07) is 8.25. The fourth-order valence-corrected chi connectivity index (χ4v) is 3.69. The average Bonchev–Trinajstić information content (AvgIpc) is 2.88. The minimum atomic E-state index is 0.716. The largest absolute Gasteiger partial charge is 0.371 e. The Morgan fingerprint density at radius 2 is 1.94 bits per heavy atom. The van der Waals surface area contributed by atoms with Crippen molar-refractivity contribution in [3.63, 3.8) is 0 Å². The first-order valence-corrected chi connectivity index (χ1v) is 7.02. The highest BCUT2D eigenvalue weighted by Gasteiger charge is 2.36. The van der Waals surface area contributed by atoms with Crippen molar-refractivity contribution in [2.24, 2.45) is 11.8 Å². The molecule has 1 saturated carbocycles. The zero-order valence-corrected chi connectivity index (χ0v) is 11.3. The van der Waals surface area contributed by atoms with Gasteiger partial charge in [0.15, 0.2) is 0 Å². The quantitative estimate of drug-likeness (QED) is 0.791. The van der Waals surface area contributed by atoms with E-state index in [0.717, 1.165) is 16.3 Å². The number of nitriles is 1. The maximum atomic E-state index is 8.91. The van der Waals surface area contributed by atoms with Gasteiger partial charge in [0, 0.05) is 23.2 Å². The molecule has 17 heavy (non-hydrogen) atoms. The molecule has 1 heterocycles. The number of rotatable bonds is 1. The van der Waals surface area contributed by atoms with Gasteiger partial charge in [0.2, 0.25) is 0 Å². The minimum Gasteiger partial charge on any atom is -0.371 e. The average molecular weight is 291 g/mol. The Bertz CT molecular complexity index is 466. The molecule has 0 bridgehead atoms. The van der Waals surface area contributed by atoms with Gasteiger partial charge in [-0.25, -0.2) is 0 Å². The molecule has 1 aliphatic heterocycles. The van der Waals surface area contributed by atoms with Crippen LogP contribution in [0.1, 0.15) is 24.8 Å². The first-order chi connectivity index (χ1) is 8.28. The smallest absolute Gasteiger partial charge is 0.100 e. The van der Waals surface area contributed by atoms with Crippen LogP contribution < -0.4 is 4.90 Å². The molecule has 2 nitrogen and oxygen atoms in total. The van der Waals surface area contributed by atoms with E-state index in [2.05, 4.69) is 39.0 Å². The van der Waals surface area contributed by atoms with Crippen molar-refractivity contribution in [2.45, 2.75) is 19.3 Å². The van der Waals surface area contributed by atoms with Crippen molar-refractivity contribution < 1.29 is 0 Å². The van der Waals surface area contributed by atoms with E-state index >= 15 is 0 Å². The lowest BCUT2D eigenvalue weighted by atomic mass is 10.0. The van der Waals surface area contributed by atoms with Crippen LogP contribution in [0.4, 0.5) is 5.69 Å². The molecule has 0 aromatic heterocycles. The van der Waals surface area contributed by atoms with Gasteiger partial charge in [-0.1, -0.05) is 6.42 Å². The van der Waals surface area contributed by atoms with E-state index in [1.54, 1.807) is 0 Å². The maximum Gasteiger partial charge on any atom is 0.100 e. The summed E-state index contributed by atoms with van der Waals surface area (Å²) in [6.45, 7) is 2.39. The van der Waals surface area contributed by atoms with E-state index in [9.17, 15) is 0 Å². The van der Waals surface area contributed by atoms with E-state index < -0.39 is 0 Å². The molecule has 88 valence electrons.